The van der Waals surface area contributed by atoms with E-state index in [-0.39, 0.29) is 0 Å². The van der Waals surface area contributed by atoms with Crippen molar-refractivity contribution in [1.29, 1.82) is 0 Å². The van der Waals surface area contributed by atoms with Crippen molar-refractivity contribution in [3.63, 3.8) is 0 Å². The first kappa shape index (κ1) is 10.7. The van der Waals surface area contributed by atoms with Crippen molar-refractivity contribution in [3.05, 3.63) is 45.8 Å². The highest BCUT2D eigenvalue weighted by molar-refractivity contribution is 7.10. The molecule has 0 radical (unpaired) electrons. The Balaban J connectivity index is 1.72. The fourth-order valence-corrected chi connectivity index (χ4v) is 3.18. The summed E-state index contributed by atoms with van der Waals surface area (Å²) in [7, 11) is 0. The highest BCUT2D eigenvalue weighted by Gasteiger charge is 2.16. The number of nitrogen functional groups attached to an aromatic ring is 1. The van der Waals surface area contributed by atoms with Crippen molar-refractivity contribution in [3.8, 4) is 0 Å². The summed E-state index contributed by atoms with van der Waals surface area (Å²) in [4.78, 5) is 8.04. The van der Waals surface area contributed by atoms with Crippen molar-refractivity contribution in [2.24, 2.45) is 0 Å². The van der Waals surface area contributed by atoms with Crippen LogP contribution >= 0.6 is 11.3 Å². The van der Waals surface area contributed by atoms with E-state index < -0.39 is 0 Å². The highest BCUT2D eigenvalue weighted by Crippen LogP contribution is 2.24. The Bertz CT molecular complexity index is 521. The number of fused-ring (bicyclic) bond motifs is 1. The minimum absolute atomic E-state index is 0.607. The lowest BCUT2D eigenvalue weighted by molar-refractivity contribution is 0.247. The molecule has 3 nitrogen and oxygen atoms in total. The van der Waals surface area contributed by atoms with Crippen LogP contribution in [0, 0.1) is 0 Å². The first-order valence-electron chi connectivity index (χ1n) is 5.79. The van der Waals surface area contributed by atoms with Gasteiger partial charge in [0.15, 0.2) is 0 Å². The molecule has 0 aromatic carbocycles. The molecule has 2 aromatic heterocycles. The number of nitrogens with zero attached hydrogens (tertiary/aromatic N) is 2. The molecule has 0 amide bonds. The fraction of sp³-hybridized carbons (Fsp3) is 0.308. The smallest absolute Gasteiger partial charge is 0.123 e. The Morgan fingerprint density at radius 1 is 1.41 bits per heavy atom. The molecule has 0 unspecified atom stereocenters. The second-order valence-electron chi connectivity index (χ2n) is 4.42. The third-order valence-corrected chi connectivity index (χ3v) is 4.16. The fourth-order valence-electron chi connectivity index (χ4n) is 2.29. The Kier molecular flexibility index (Phi) is 2.82. The molecule has 0 atom stereocenters. The Morgan fingerprint density at radius 3 is 3.24 bits per heavy atom. The van der Waals surface area contributed by atoms with E-state index in [0.29, 0.717) is 5.82 Å². The van der Waals surface area contributed by atoms with Crippen molar-refractivity contribution in [2.75, 3.05) is 12.3 Å². The number of nitrogens with two attached hydrogens (primary N) is 1. The summed E-state index contributed by atoms with van der Waals surface area (Å²) in [6.45, 7) is 3.15. The second-order valence-corrected chi connectivity index (χ2v) is 5.42. The van der Waals surface area contributed by atoms with E-state index in [9.17, 15) is 0 Å². The molecule has 4 heteroatoms. The maximum atomic E-state index is 5.70. The van der Waals surface area contributed by atoms with Gasteiger partial charge < -0.3 is 5.73 Å². The van der Waals surface area contributed by atoms with Gasteiger partial charge in [-0.15, -0.1) is 11.3 Å². The van der Waals surface area contributed by atoms with Gasteiger partial charge >= 0.3 is 0 Å². The van der Waals surface area contributed by atoms with Crippen LogP contribution in [-0.4, -0.2) is 16.4 Å². The molecule has 2 N–H and O–H groups in total. The quantitative estimate of drug-likeness (QED) is 0.882. The third kappa shape index (κ3) is 2.33. The van der Waals surface area contributed by atoms with E-state index in [1.165, 1.54) is 17.5 Å². The Hall–Kier alpha value is -1.39. The predicted octanol–water partition coefficient (Wildman–Crippen LogP) is 2.28. The lowest BCUT2D eigenvalue weighted by Gasteiger charge is -2.26. The van der Waals surface area contributed by atoms with Crippen LogP contribution in [0.1, 0.15) is 16.0 Å². The predicted molar refractivity (Wildman–Crippen MR) is 70.8 cm³/mol. The van der Waals surface area contributed by atoms with Crippen LogP contribution < -0.4 is 5.73 Å². The summed E-state index contributed by atoms with van der Waals surface area (Å²) in [5.74, 6) is 0.607. The molecule has 1 aliphatic rings. The van der Waals surface area contributed by atoms with Crippen LogP contribution in [0.4, 0.5) is 5.82 Å². The van der Waals surface area contributed by atoms with E-state index in [2.05, 4.69) is 21.3 Å². The van der Waals surface area contributed by atoms with E-state index in [4.69, 9.17) is 5.73 Å². The van der Waals surface area contributed by atoms with Crippen LogP contribution in [0.3, 0.4) is 0 Å². The van der Waals surface area contributed by atoms with E-state index in [0.717, 1.165) is 19.6 Å². The van der Waals surface area contributed by atoms with E-state index in [1.54, 1.807) is 11.1 Å². The molecule has 88 valence electrons. The van der Waals surface area contributed by atoms with Gasteiger partial charge in [0.2, 0.25) is 0 Å². The molecule has 0 spiro atoms. The van der Waals surface area contributed by atoms with Gasteiger partial charge in [0.1, 0.15) is 5.82 Å². The van der Waals surface area contributed by atoms with E-state index in [1.807, 2.05) is 23.5 Å². The lowest BCUT2D eigenvalue weighted by atomic mass is 10.1. The number of thiophene rings is 1. The van der Waals surface area contributed by atoms with Crippen LogP contribution in [-0.2, 0) is 19.5 Å². The summed E-state index contributed by atoms with van der Waals surface area (Å²) in [6, 6.07) is 6.25. The molecule has 2 aromatic rings. The van der Waals surface area contributed by atoms with Crippen molar-refractivity contribution in [1.82, 2.24) is 9.88 Å². The Labute approximate surface area is 105 Å². The summed E-state index contributed by atoms with van der Waals surface area (Å²) in [5.41, 5.74) is 8.43. The molecule has 0 saturated heterocycles. The molecule has 3 heterocycles. The van der Waals surface area contributed by atoms with Crippen molar-refractivity contribution < 1.29 is 0 Å². The largest absolute Gasteiger partial charge is 0.384 e. The Morgan fingerprint density at radius 2 is 2.35 bits per heavy atom. The standard InChI is InChI=1S/C13H15N3S/c14-13-7-10(1-4-15-13)8-16-5-2-12-11(9-16)3-6-17-12/h1,3-4,6-7H,2,5,8-9H2,(H2,14,15). The van der Waals surface area contributed by atoms with Gasteiger partial charge in [0.05, 0.1) is 0 Å². The van der Waals surface area contributed by atoms with Gasteiger partial charge in [-0.05, 0) is 41.1 Å². The summed E-state index contributed by atoms with van der Waals surface area (Å²) >= 11 is 1.88. The molecule has 17 heavy (non-hydrogen) atoms. The van der Waals surface area contributed by atoms with Crippen LogP contribution in [0.5, 0.6) is 0 Å². The normalized spacial score (nSPS) is 15.8. The van der Waals surface area contributed by atoms with Crippen LogP contribution in [0.15, 0.2) is 29.8 Å². The molecular weight excluding hydrogens is 230 g/mol. The van der Waals surface area contributed by atoms with Gasteiger partial charge in [-0.3, -0.25) is 4.90 Å². The molecule has 0 aliphatic carbocycles. The number of hydrogen-bond acceptors (Lipinski definition) is 4. The minimum atomic E-state index is 0.607. The lowest BCUT2D eigenvalue weighted by Crippen LogP contribution is -2.29. The third-order valence-electron chi connectivity index (χ3n) is 3.14. The average molecular weight is 245 g/mol. The topological polar surface area (TPSA) is 42.1 Å². The van der Waals surface area contributed by atoms with Crippen LogP contribution in [0.25, 0.3) is 0 Å². The minimum Gasteiger partial charge on any atom is -0.384 e. The number of hydrogen-bond donors (Lipinski definition) is 1. The number of rotatable bonds is 2. The zero-order valence-electron chi connectivity index (χ0n) is 9.60. The monoisotopic (exact) mass is 245 g/mol. The maximum Gasteiger partial charge on any atom is 0.123 e. The van der Waals surface area contributed by atoms with Gasteiger partial charge in [-0.2, -0.15) is 0 Å². The number of anilines is 1. The zero-order chi connectivity index (χ0) is 11.7. The molecule has 0 saturated carbocycles. The molecular formula is C13H15N3S. The maximum absolute atomic E-state index is 5.70. The molecule has 3 rings (SSSR count). The summed E-state index contributed by atoms with van der Waals surface area (Å²) < 4.78 is 0. The van der Waals surface area contributed by atoms with Crippen molar-refractivity contribution >= 4 is 17.2 Å². The molecule has 0 bridgehead atoms. The first-order chi connectivity index (χ1) is 8.31. The second kappa shape index (κ2) is 4.47. The zero-order valence-corrected chi connectivity index (χ0v) is 10.4. The molecule has 1 aliphatic heterocycles. The highest BCUT2D eigenvalue weighted by atomic mass is 32.1. The average Bonchev–Trinajstić information content (AvgIpc) is 2.76. The van der Waals surface area contributed by atoms with Gasteiger partial charge in [-0.1, -0.05) is 0 Å². The van der Waals surface area contributed by atoms with Gasteiger partial charge in [0.25, 0.3) is 0 Å². The van der Waals surface area contributed by atoms with Gasteiger partial charge in [0, 0.05) is 30.7 Å². The SMILES string of the molecule is Nc1cc(CN2CCc3sccc3C2)ccn1. The van der Waals surface area contributed by atoms with E-state index >= 15 is 0 Å². The number of aromatic nitrogens is 1. The van der Waals surface area contributed by atoms with Crippen LogP contribution in [0.2, 0.25) is 0 Å². The number of pyridine rings is 1. The first-order valence-corrected chi connectivity index (χ1v) is 6.67. The van der Waals surface area contributed by atoms with Gasteiger partial charge in [-0.25, -0.2) is 4.98 Å². The summed E-state index contributed by atoms with van der Waals surface area (Å²) in [5, 5.41) is 2.19. The summed E-state index contributed by atoms with van der Waals surface area (Å²) in [6.07, 6.45) is 2.96. The van der Waals surface area contributed by atoms with Crippen molar-refractivity contribution in [2.45, 2.75) is 19.5 Å². The molecule has 0 fully saturated rings.